The number of ether oxygens (including phenoxy) is 2. The molecule has 0 saturated heterocycles. The summed E-state index contributed by atoms with van der Waals surface area (Å²) in [7, 11) is 3.25. The van der Waals surface area contributed by atoms with E-state index in [4.69, 9.17) is 14.5 Å². The Morgan fingerprint density at radius 2 is 1.93 bits per heavy atom. The third-order valence-corrected chi connectivity index (χ3v) is 6.11. The maximum absolute atomic E-state index is 5.39. The number of hydrogen-bond donors (Lipinski definition) is 0. The number of nitrogens with zero attached hydrogens (tertiary/aromatic N) is 5. The minimum Gasteiger partial charge on any atom is -0.493 e. The van der Waals surface area contributed by atoms with Gasteiger partial charge >= 0.3 is 0 Å². The summed E-state index contributed by atoms with van der Waals surface area (Å²) in [6.07, 6.45) is 0. The summed E-state index contributed by atoms with van der Waals surface area (Å²) in [6, 6.07) is 13.9. The molecule has 0 aliphatic carbocycles. The second-order valence-corrected chi connectivity index (χ2v) is 8.02. The molecular weight excluding hydrogens is 406 g/mol. The Kier molecular flexibility index (Phi) is 5.77. The van der Waals surface area contributed by atoms with Crippen molar-refractivity contribution in [2.75, 3.05) is 14.2 Å². The highest BCUT2D eigenvalue weighted by Crippen LogP contribution is 2.34. The number of aryl methyl sites for hydroxylation is 1. The fraction of sp³-hybridized carbons (Fsp3) is 0.200. The van der Waals surface area contributed by atoms with Crippen LogP contribution in [-0.4, -0.2) is 39.4 Å². The molecular formula is C20H19N5O2S2. The Hall–Kier alpha value is -2.91. The number of thiazole rings is 1. The predicted molar refractivity (Wildman–Crippen MR) is 114 cm³/mol. The van der Waals surface area contributed by atoms with E-state index in [0.717, 1.165) is 32.7 Å². The normalized spacial score (nSPS) is 10.9. The van der Waals surface area contributed by atoms with Gasteiger partial charge < -0.3 is 9.47 Å². The first-order valence-corrected chi connectivity index (χ1v) is 10.7. The van der Waals surface area contributed by atoms with E-state index in [1.807, 2.05) is 43.3 Å². The average Bonchev–Trinajstić information content (AvgIpc) is 3.41. The van der Waals surface area contributed by atoms with E-state index >= 15 is 0 Å². The van der Waals surface area contributed by atoms with Crippen molar-refractivity contribution >= 4 is 23.1 Å². The van der Waals surface area contributed by atoms with E-state index in [0.29, 0.717) is 17.3 Å². The first kappa shape index (κ1) is 19.4. The summed E-state index contributed by atoms with van der Waals surface area (Å²) in [5.74, 6) is 2.07. The van der Waals surface area contributed by atoms with Gasteiger partial charge in [-0.25, -0.2) is 4.98 Å². The third-order valence-electron chi connectivity index (χ3n) is 4.22. The number of aromatic nitrogens is 5. The highest BCUT2D eigenvalue weighted by atomic mass is 32.2. The van der Waals surface area contributed by atoms with Crippen molar-refractivity contribution in [1.29, 1.82) is 0 Å². The van der Waals surface area contributed by atoms with E-state index in [1.165, 1.54) is 0 Å². The second kappa shape index (κ2) is 8.62. The molecule has 0 atom stereocenters. The van der Waals surface area contributed by atoms with Gasteiger partial charge in [-0.2, -0.15) is 4.68 Å². The molecule has 0 saturated carbocycles. The van der Waals surface area contributed by atoms with Crippen LogP contribution in [0.25, 0.3) is 16.3 Å². The molecule has 0 radical (unpaired) electrons. The van der Waals surface area contributed by atoms with Gasteiger partial charge in [-0.05, 0) is 53.2 Å². The van der Waals surface area contributed by atoms with Crippen molar-refractivity contribution in [3.63, 3.8) is 0 Å². The van der Waals surface area contributed by atoms with Crippen LogP contribution >= 0.6 is 23.1 Å². The van der Waals surface area contributed by atoms with Crippen LogP contribution in [0, 0.1) is 6.92 Å². The van der Waals surface area contributed by atoms with E-state index < -0.39 is 0 Å². The van der Waals surface area contributed by atoms with Crippen LogP contribution in [0.3, 0.4) is 0 Å². The highest BCUT2D eigenvalue weighted by molar-refractivity contribution is 7.98. The minimum atomic E-state index is 0.677. The quantitative estimate of drug-likeness (QED) is 0.406. The highest BCUT2D eigenvalue weighted by Gasteiger charge is 2.13. The van der Waals surface area contributed by atoms with Crippen LogP contribution < -0.4 is 9.47 Å². The summed E-state index contributed by atoms with van der Waals surface area (Å²) in [4.78, 5) is 4.75. The monoisotopic (exact) mass is 425 g/mol. The summed E-state index contributed by atoms with van der Waals surface area (Å²) in [5.41, 5.74) is 4.08. The third kappa shape index (κ3) is 4.25. The summed E-state index contributed by atoms with van der Waals surface area (Å²) in [5, 5.41) is 15.8. The molecule has 0 spiro atoms. The molecule has 29 heavy (non-hydrogen) atoms. The topological polar surface area (TPSA) is 75.0 Å². The Morgan fingerprint density at radius 1 is 1.07 bits per heavy atom. The molecule has 0 amide bonds. The van der Waals surface area contributed by atoms with E-state index in [1.54, 1.807) is 42.0 Å². The van der Waals surface area contributed by atoms with Gasteiger partial charge in [-0.15, -0.1) is 16.4 Å². The van der Waals surface area contributed by atoms with Crippen LogP contribution in [0.2, 0.25) is 0 Å². The van der Waals surface area contributed by atoms with Gasteiger partial charge in [0.05, 0.1) is 25.6 Å². The first-order valence-electron chi connectivity index (χ1n) is 8.83. The largest absolute Gasteiger partial charge is 0.493 e. The van der Waals surface area contributed by atoms with Crippen LogP contribution in [0.15, 0.2) is 53.0 Å². The van der Waals surface area contributed by atoms with Crippen molar-refractivity contribution < 1.29 is 9.47 Å². The molecule has 4 aromatic rings. The molecule has 0 N–H and O–H groups in total. The lowest BCUT2D eigenvalue weighted by Gasteiger charge is -2.08. The molecule has 4 rings (SSSR count). The number of methoxy groups -OCH3 is 2. The van der Waals surface area contributed by atoms with Gasteiger partial charge in [0.15, 0.2) is 11.5 Å². The maximum atomic E-state index is 5.39. The van der Waals surface area contributed by atoms with Crippen LogP contribution in [0.1, 0.15) is 11.3 Å². The van der Waals surface area contributed by atoms with Crippen LogP contribution in [0.4, 0.5) is 0 Å². The zero-order chi connectivity index (χ0) is 20.2. The lowest BCUT2D eigenvalue weighted by Crippen LogP contribution is -1.99. The molecule has 9 heteroatoms. The fourth-order valence-corrected chi connectivity index (χ4v) is 4.51. The Bertz CT molecular complexity index is 1130. The van der Waals surface area contributed by atoms with Gasteiger partial charge in [0.2, 0.25) is 5.16 Å². The SMILES string of the molecule is COc1ccc(-c2nc(CSc3nnnn3-c3cccc(C)c3)cs2)cc1OC. The lowest BCUT2D eigenvalue weighted by molar-refractivity contribution is 0.355. The summed E-state index contributed by atoms with van der Waals surface area (Å²) in [6.45, 7) is 2.05. The van der Waals surface area contributed by atoms with E-state index in [2.05, 4.69) is 27.0 Å². The second-order valence-electron chi connectivity index (χ2n) is 6.21. The first-order chi connectivity index (χ1) is 14.2. The Morgan fingerprint density at radius 3 is 2.72 bits per heavy atom. The van der Waals surface area contributed by atoms with E-state index in [9.17, 15) is 0 Å². The van der Waals surface area contributed by atoms with Gasteiger partial charge in [-0.1, -0.05) is 23.9 Å². The van der Waals surface area contributed by atoms with Crippen molar-refractivity contribution in [2.45, 2.75) is 17.8 Å². The molecule has 148 valence electrons. The predicted octanol–water partition coefficient (Wildman–Crippen LogP) is 4.40. The fourth-order valence-electron chi connectivity index (χ4n) is 2.80. The zero-order valence-electron chi connectivity index (χ0n) is 16.2. The van der Waals surface area contributed by atoms with Gasteiger partial charge in [-0.3, -0.25) is 0 Å². The molecule has 0 fully saturated rings. The smallest absolute Gasteiger partial charge is 0.214 e. The summed E-state index contributed by atoms with van der Waals surface area (Å²) < 4.78 is 12.4. The van der Waals surface area contributed by atoms with Gasteiger partial charge in [0, 0.05) is 16.7 Å². The van der Waals surface area contributed by atoms with Crippen LogP contribution in [-0.2, 0) is 5.75 Å². The van der Waals surface area contributed by atoms with Crippen LogP contribution in [0.5, 0.6) is 11.5 Å². The van der Waals surface area contributed by atoms with Gasteiger partial charge in [0.25, 0.3) is 0 Å². The number of hydrogen-bond acceptors (Lipinski definition) is 8. The summed E-state index contributed by atoms with van der Waals surface area (Å²) >= 11 is 3.15. The van der Waals surface area contributed by atoms with Gasteiger partial charge in [0.1, 0.15) is 5.01 Å². The molecule has 0 bridgehead atoms. The molecule has 0 aliphatic rings. The number of tetrazole rings is 1. The molecule has 0 unspecified atom stereocenters. The maximum Gasteiger partial charge on any atom is 0.214 e. The molecule has 2 aromatic heterocycles. The molecule has 7 nitrogen and oxygen atoms in total. The number of thioether (sulfide) groups is 1. The Labute approximate surface area is 176 Å². The molecule has 2 aromatic carbocycles. The average molecular weight is 426 g/mol. The van der Waals surface area contributed by atoms with Crippen molar-refractivity contribution in [3.8, 4) is 27.8 Å². The molecule has 0 aliphatic heterocycles. The van der Waals surface area contributed by atoms with Crippen molar-refractivity contribution in [2.24, 2.45) is 0 Å². The van der Waals surface area contributed by atoms with E-state index in [-0.39, 0.29) is 0 Å². The number of rotatable bonds is 7. The minimum absolute atomic E-state index is 0.677. The number of benzene rings is 2. The standard InChI is InChI=1S/C20H19N5O2S2/c1-13-5-4-6-16(9-13)25-20(22-23-24-25)29-12-15-11-28-19(21-15)14-7-8-17(26-2)18(10-14)27-3/h4-11H,12H2,1-3H3. The van der Waals surface area contributed by atoms with Crippen molar-refractivity contribution in [3.05, 3.63) is 59.1 Å². The van der Waals surface area contributed by atoms with Crippen molar-refractivity contribution in [1.82, 2.24) is 25.2 Å². The Balaban J connectivity index is 1.49. The lowest BCUT2D eigenvalue weighted by atomic mass is 10.2. The zero-order valence-corrected chi connectivity index (χ0v) is 17.8. The molecule has 2 heterocycles.